The first-order valence-corrected chi connectivity index (χ1v) is 9.31. The van der Waals surface area contributed by atoms with Crippen LogP contribution in [0.25, 0.3) is 0 Å². The Morgan fingerprint density at radius 3 is 2.54 bits per heavy atom. The van der Waals surface area contributed by atoms with Crippen molar-refractivity contribution in [1.82, 2.24) is 10.2 Å². The largest absolute Gasteiger partial charge is 0.497 e. The molecular weight excluding hydrogens is 332 g/mol. The van der Waals surface area contributed by atoms with E-state index in [4.69, 9.17) is 9.47 Å². The molecule has 1 fully saturated rings. The molecule has 2 unspecified atom stereocenters. The molecule has 0 saturated carbocycles. The Labute approximate surface area is 155 Å². The van der Waals surface area contributed by atoms with Crippen LogP contribution in [0, 0.1) is 5.92 Å². The lowest BCUT2D eigenvalue weighted by Gasteiger charge is -2.35. The van der Waals surface area contributed by atoms with Crippen LogP contribution in [0.3, 0.4) is 0 Å². The van der Waals surface area contributed by atoms with Gasteiger partial charge in [-0.2, -0.15) is 0 Å². The number of nitrogens with zero attached hydrogens (tertiary/aromatic N) is 1. The van der Waals surface area contributed by atoms with Crippen molar-refractivity contribution in [2.45, 2.75) is 45.8 Å². The summed E-state index contributed by atoms with van der Waals surface area (Å²) in [6.45, 7) is 7.81. The van der Waals surface area contributed by atoms with Crippen molar-refractivity contribution in [3.63, 3.8) is 0 Å². The second kappa shape index (κ2) is 9.57. The third-order valence-corrected chi connectivity index (χ3v) is 4.66. The predicted octanol–water partition coefficient (Wildman–Crippen LogP) is 2.48. The number of amides is 2. The quantitative estimate of drug-likeness (QED) is 0.809. The van der Waals surface area contributed by atoms with E-state index in [1.54, 1.807) is 31.4 Å². The lowest BCUT2D eigenvalue weighted by Crippen LogP contribution is -2.54. The average molecular weight is 362 g/mol. The number of carbonyl (C=O) groups is 2. The van der Waals surface area contributed by atoms with Gasteiger partial charge in [-0.05, 0) is 49.9 Å². The van der Waals surface area contributed by atoms with Gasteiger partial charge in [0.15, 0.2) is 0 Å². The molecule has 0 aromatic heterocycles. The number of methoxy groups -OCH3 is 1. The smallest absolute Gasteiger partial charge is 0.251 e. The second-order valence-electron chi connectivity index (χ2n) is 6.93. The SMILES string of the molecule is CCOC1CCCN(C(=O)C(NC(=O)c2ccc(OC)cc2)C(C)C)C1. The first-order chi connectivity index (χ1) is 12.5. The summed E-state index contributed by atoms with van der Waals surface area (Å²) in [7, 11) is 1.58. The van der Waals surface area contributed by atoms with Crippen molar-refractivity contribution < 1.29 is 19.1 Å². The van der Waals surface area contributed by atoms with Gasteiger partial charge in [0, 0.05) is 25.3 Å². The number of benzene rings is 1. The van der Waals surface area contributed by atoms with Crippen LogP contribution < -0.4 is 10.1 Å². The van der Waals surface area contributed by atoms with Crippen molar-refractivity contribution in [2.24, 2.45) is 5.92 Å². The van der Waals surface area contributed by atoms with E-state index in [0.717, 1.165) is 12.8 Å². The van der Waals surface area contributed by atoms with E-state index in [9.17, 15) is 9.59 Å². The zero-order valence-electron chi connectivity index (χ0n) is 16.2. The molecule has 144 valence electrons. The van der Waals surface area contributed by atoms with Crippen LogP contribution in [0.15, 0.2) is 24.3 Å². The maximum absolute atomic E-state index is 13.0. The average Bonchev–Trinajstić information content (AvgIpc) is 2.65. The van der Waals surface area contributed by atoms with Crippen molar-refractivity contribution in [2.75, 3.05) is 26.8 Å². The summed E-state index contributed by atoms with van der Waals surface area (Å²) in [5.74, 6) is 0.398. The Bertz CT molecular complexity index is 598. The summed E-state index contributed by atoms with van der Waals surface area (Å²) in [5, 5.41) is 2.90. The first kappa shape index (κ1) is 20.2. The van der Waals surface area contributed by atoms with E-state index in [0.29, 0.717) is 31.0 Å². The number of nitrogens with one attached hydrogen (secondary N) is 1. The molecular formula is C20H30N2O4. The molecule has 1 N–H and O–H groups in total. The van der Waals surface area contributed by atoms with Gasteiger partial charge in [0.05, 0.1) is 13.2 Å². The van der Waals surface area contributed by atoms with Crippen LogP contribution >= 0.6 is 0 Å². The molecule has 2 rings (SSSR count). The normalized spacial score (nSPS) is 18.5. The first-order valence-electron chi connectivity index (χ1n) is 9.31. The van der Waals surface area contributed by atoms with Gasteiger partial charge in [-0.1, -0.05) is 13.8 Å². The van der Waals surface area contributed by atoms with E-state index < -0.39 is 6.04 Å². The number of carbonyl (C=O) groups excluding carboxylic acids is 2. The number of hydrogen-bond acceptors (Lipinski definition) is 4. The Hall–Kier alpha value is -2.08. The minimum Gasteiger partial charge on any atom is -0.497 e. The molecule has 6 nitrogen and oxygen atoms in total. The maximum Gasteiger partial charge on any atom is 0.251 e. The fraction of sp³-hybridized carbons (Fsp3) is 0.600. The van der Waals surface area contributed by atoms with E-state index in [2.05, 4.69) is 5.32 Å². The standard InChI is InChI=1S/C20H30N2O4/c1-5-26-17-7-6-12-22(13-17)20(24)18(14(2)3)21-19(23)15-8-10-16(25-4)11-9-15/h8-11,14,17-18H,5-7,12-13H2,1-4H3,(H,21,23). The van der Waals surface area contributed by atoms with Crippen LogP contribution in [-0.4, -0.2) is 55.7 Å². The molecule has 1 aromatic carbocycles. The fourth-order valence-corrected chi connectivity index (χ4v) is 3.19. The highest BCUT2D eigenvalue weighted by Gasteiger charge is 2.32. The van der Waals surface area contributed by atoms with E-state index in [-0.39, 0.29) is 23.8 Å². The Kier molecular flexibility index (Phi) is 7.45. The summed E-state index contributed by atoms with van der Waals surface area (Å²) in [4.78, 5) is 27.4. The summed E-state index contributed by atoms with van der Waals surface area (Å²) < 4.78 is 10.8. The van der Waals surface area contributed by atoms with Gasteiger partial charge in [-0.3, -0.25) is 9.59 Å². The van der Waals surface area contributed by atoms with Crippen LogP contribution in [0.4, 0.5) is 0 Å². The minimum atomic E-state index is -0.551. The predicted molar refractivity (Wildman–Crippen MR) is 100 cm³/mol. The Morgan fingerprint density at radius 1 is 1.27 bits per heavy atom. The molecule has 1 saturated heterocycles. The highest BCUT2D eigenvalue weighted by molar-refractivity contribution is 5.97. The van der Waals surface area contributed by atoms with Crippen LogP contribution in [0.1, 0.15) is 44.0 Å². The molecule has 0 radical (unpaired) electrons. The van der Waals surface area contributed by atoms with Crippen molar-refractivity contribution in [3.05, 3.63) is 29.8 Å². The van der Waals surface area contributed by atoms with Crippen LogP contribution in [0.5, 0.6) is 5.75 Å². The van der Waals surface area contributed by atoms with Gasteiger partial charge in [0.2, 0.25) is 5.91 Å². The number of hydrogen-bond donors (Lipinski definition) is 1. The van der Waals surface area contributed by atoms with Crippen molar-refractivity contribution >= 4 is 11.8 Å². The molecule has 1 heterocycles. The number of ether oxygens (including phenoxy) is 2. The highest BCUT2D eigenvalue weighted by atomic mass is 16.5. The Morgan fingerprint density at radius 2 is 1.96 bits per heavy atom. The monoisotopic (exact) mass is 362 g/mol. The van der Waals surface area contributed by atoms with Crippen LogP contribution in [-0.2, 0) is 9.53 Å². The molecule has 0 spiro atoms. The van der Waals surface area contributed by atoms with Gasteiger partial charge in [-0.25, -0.2) is 0 Å². The fourth-order valence-electron chi connectivity index (χ4n) is 3.19. The zero-order valence-corrected chi connectivity index (χ0v) is 16.2. The Balaban J connectivity index is 2.04. The lowest BCUT2D eigenvalue weighted by molar-refractivity contribution is -0.138. The third-order valence-electron chi connectivity index (χ3n) is 4.66. The molecule has 0 bridgehead atoms. The van der Waals surface area contributed by atoms with Gasteiger partial charge < -0.3 is 19.7 Å². The third kappa shape index (κ3) is 5.21. The van der Waals surface area contributed by atoms with E-state index >= 15 is 0 Å². The highest BCUT2D eigenvalue weighted by Crippen LogP contribution is 2.17. The van der Waals surface area contributed by atoms with Gasteiger partial charge in [0.25, 0.3) is 5.91 Å². The molecule has 1 aliphatic heterocycles. The molecule has 0 aliphatic carbocycles. The maximum atomic E-state index is 13.0. The van der Waals surface area contributed by atoms with Crippen molar-refractivity contribution in [3.8, 4) is 5.75 Å². The number of piperidine rings is 1. The van der Waals surface area contributed by atoms with Crippen molar-refractivity contribution in [1.29, 1.82) is 0 Å². The number of rotatable bonds is 7. The van der Waals surface area contributed by atoms with E-state index in [1.807, 2.05) is 25.7 Å². The molecule has 1 aliphatic rings. The molecule has 6 heteroatoms. The van der Waals surface area contributed by atoms with Crippen LogP contribution in [0.2, 0.25) is 0 Å². The van der Waals surface area contributed by atoms with Gasteiger partial charge in [-0.15, -0.1) is 0 Å². The summed E-state index contributed by atoms with van der Waals surface area (Å²) in [6, 6.07) is 6.31. The topological polar surface area (TPSA) is 67.9 Å². The zero-order chi connectivity index (χ0) is 19.1. The summed E-state index contributed by atoms with van der Waals surface area (Å²) >= 11 is 0. The van der Waals surface area contributed by atoms with Gasteiger partial charge in [0.1, 0.15) is 11.8 Å². The number of likely N-dealkylation sites (tertiary alicyclic amines) is 1. The van der Waals surface area contributed by atoms with E-state index in [1.165, 1.54) is 0 Å². The molecule has 26 heavy (non-hydrogen) atoms. The lowest BCUT2D eigenvalue weighted by atomic mass is 10.00. The second-order valence-corrected chi connectivity index (χ2v) is 6.93. The minimum absolute atomic E-state index is 0.00262. The molecule has 2 amide bonds. The molecule has 1 aromatic rings. The molecule has 2 atom stereocenters. The summed E-state index contributed by atoms with van der Waals surface area (Å²) in [5.41, 5.74) is 0.509. The van der Waals surface area contributed by atoms with Gasteiger partial charge >= 0.3 is 0 Å². The summed E-state index contributed by atoms with van der Waals surface area (Å²) in [6.07, 6.45) is 1.98.